The van der Waals surface area contributed by atoms with Crippen LogP contribution < -0.4 is 0 Å². The Hall–Kier alpha value is -3.53. The van der Waals surface area contributed by atoms with Crippen molar-refractivity contribution in [3.8, 4) is 22.4 Å². The first-order chi connectivity index (χ1) is 14.4. The quantitative estimate of drug-likeness (QED) is 0.380. The van der Waals surface area contributed by atoms with Crippen LogP contribution in [-0.4, -0.2) is 9.97 Å². The fourth-order valence-electron chi connectivity index (χ4n) is 3.28. The van der Waals surface area contributed by atoms with E-state index in [1.165, 1.54) is 18.2 Å². The van der Waals surface area contributed by atoms with E-state index in [1.54, 1.807) is 24.4 Å². The molecule has 0 aliphatic carbocycles. The van der Waals surface area contributed by atoms with Crippen LogP contribution >= 0.6 is 0 Å². The molecule has 0 unspecified atom stereocenters. The van der Waals surface area contributed by atoms with Crippen LogP contribution in [0.25, 0.3) is 44.5 Å². The van der Waals surface area contributed by atoms with Gasteiger partial charge in [-0.25, -0.2) is 9.37 Å². The van der Waals surface area contributed by atoms with Crippen LogP contribution in [0.3, 0.4) is 0 Å². The van der Waals surface area contributed by atoms with Gasteiger partial charge >= 0.3 is 0 Å². The van der Waals surface area contributed by atoms with Crippen molar-refractivity contribution in [3.63, 3.8) is 0 Å². The van der Waals surface area contributed by atoms with E-state index in [-0.39, 0.29) is 17.2 Å². The van der Waals surface area contributed by atoms with Crippen LogP contribution in [0.5, 0.6) is 0 Å². The van der Waals surface area contributed by atoms with Crippen molar-refractivity contribution in [2.75, 3.05) is 0 Å². The molecule has 0 spiro atoms. The highest BCUT2D eigenvalue weighted by Gasteiger charge is 2.14. The van der Waals surface area contributed by atoms with Gasteiger partial charge < -0.3 is 4.42 Å². The molecule has 0 saturated heterocycles. The number of fused-ring (bicyclic) bond motifs is 3. The summed E-state index contributed by atoms with van der Waals surface area (Å²) in [6, 6.07) is 19.0. The van der Waals surface area contributed by atoms with E-state index in [1.807, 2.05) is 30.3 Å². The monoisotopic (exact) mass is 357 g/mol. The molecule has 0 atom stereocenters. The Morgan fingerprint density at radius 3 is 2.67 bits per heavy atom. The Kier molecular flexibility index (Phi) is 2.85. The van der Waals surface area contributed by atoms with Crippen molar-refractivity contribution in [3.05, 3.63) is 84.4 Å². The van der Waals surface area contributed by atoms with Gasteiger partial charge in [-0.1, -0.05) is 24.3 Å². The lowest BCUT2D eigenvalue weighted by atomic mass is 10.0. The van der Waals surface area contributed by atoms with Gasteiger partial charge in [0.05, 0.1) is 5.69 Å². The van der Waals surface area contributed by atoms with Gasteiger partial charge in [-0.3, -0.25) is 4.98 Å². The molecule has 0 aliphatic rings. The minimum absolute atomic E-state index is 0.00737. The van der Waals surface area contributed by atoms with E-state index in [9.17, 15) is 4.39 Å². The number of aromatic nitrogens is 2. The third kappa shape index (κ3) is 2.66. The van der Waals surface area contributed by atoms with Crippen molar-refractivity contribution >= 4 is 22.1 Å². The number of benzene rings is 2. The summed E-state index contributed by atoms with van der Waals surface area (Å²) in [6.07, 6.45) is 1.69. The van der Waals surface area contributed by atoms with Gasteiger partial charge in [-0.2, -0.15) is 0 Å². The molecular formula is C23H15FN2O. The van der Waals surface area contributed by atoms with E-state index >= 15 is 0 Å². The van der Waals surface area contributed by atoms with Crippen molar-refractivity contribution < 1.29 is 12.9 Å². The zero-order valence-corrected chi connectivity index (χ0v) is 14.1. The molecule has 3 heterocycles. The van der Waals surface area contributed by atoms with Crippen molar-refractivity contribution in [2.24, 2.45) is 0 Å². The number of furan rings is 1. The third-order valence-corrected chi connectivity index (χ3v) is 4.58. The zero-order valence-electron chi connectivity index (χ0n) is 17.1. The summed E-state index contributed by atoms with van der Waals surface area (Å²) in [4.78, 5) is 8.69. The molecule has 0 amide bonds. The van der Waals surface area contributed by atoms with Crippen LogP contribution in [0, 0.1) is 12.7 Å². The van der Waals surface area contributed by atoms with Gasteiger partial charge in [-0.15, -0.1) is 0 Å². The maximum absolute atomic E-state index is 13.3. The molecule has 2 aromatic carbocycles. The van der Waals surface area contributed by atoms with Gasteiger partial charge in [0.2, 0.25) is 5.71 Å². The number of hydrogen-bond acceptors (Lipinski definition) is 3. The number of aryl methyl sites for hydroxylation is 1. The summed E-state index contributed by atoms with van der Waals surface area (Å²) >= 11 is 0. The summed E-state index contributed by atoms with van der Waals surface area (Å²) in [6.45, 7) is -2.30. The first-order valence-electron chi connectivity index (χ1n) is 9.95. The molecule has 5 rings (SSSR count). The van der Waals surface area contributed by atoms with Crippen LogP contribution in [0.15, 0.2) is 77.3 Å². The average molecular weight is 357 g/mol. The van der Waals surface area contributed by atoms with E-state index in [2.05, 4.69) is 9.97 Å². The maximum atomic E-state index is 13.3. The van der Waals surface area contributed by atoms with Crippen LogP contribution in [0.2, 0.25) is 0 Å². The first kappa shape index (κ1) is 12.8. The predicted molar refractivity (Wildman–Crippen MR) is 105 cm³/mol. The smallest absolute Gasteiger partial charge is 0.227 e. The van der Waals surface area contributed by atoms with Crippen LogP contribution in [-0.2, 0) is 0 Å². The predicted octanol–water partition coefficient (Wildman–Crippen LogP) is 6.16. The fraction of sp³-hybridized carbons (Fsp3) is 0.0435. The lowest BCUT2D eigenvalue weighted by Crippen LogP contribution is -1.86. The lowest BCUT2D eigenvalue weighted by Gasteiger charge is -2.06. The number of rotatable bonds is 2. The van der Waals surface area contributed by atoms with Crippen molar-refractivity contribution in [2.45, 2.75) is 6.85 Å². The number of pyridine rings is 2. The molecule has 0 bridgehead atoms. The number of halogens is 1. The topological polar surface area (TPSA) is 38.9 Å². The minimum atomic E-state index is -2.30. The third-order valence-electron chi connectivity index (χ3n) is 4.58. The average Bonchev–Trinajstić information content (AvgIpc) is 3.12. The van der Waals surface area contributed by atoms with Crippen LogP contribution in [0.4, 0.5) is 4.39 Å². The summed E-state index contributed by atoms with van der Waals surface area (Å²) in [7, 11) is 0. The summed E-state index contributed by atoms with van der Waals surface area (Å²) in [5.74, 6) is -0.288. The molecular weight excluding hydrogens is 339 g/mol. The normalized spacial score (nSPS) is 13.4. The lowest BCUT2D eigenvalue weighted by molar-refractivity contribution is 0.628. The molecule has 27 heavy (non-hydrogen) atoms. The molecule has 0 radical (unpaired) electrons. The fourth-order valence-corrected chi connectivity index (χ4v) is 3.28. The Labute approximate surface area is 159 Å². The number of para-hydroxylation sites is 1. The molecule has 0 aliphatic heterocycles. The molecule has 4 heteroatoms. The van der Waals surface area contributed by atoms with Crippen molar-refractivity contribution in [1.29, 1.82) is 0 Å². The van der Waals surface area contributed by atoms with Crippen LogP contribution in [0.1, 0.15) is 9.81 Å². The number of nitrogens with zero attached hydrogens (tertiary/aromatic N) is 2. The second-order valence-electron chi connectivity index (χ2n) is 6.27. The highest BCUT2D eigenvalue weighted by atomic mass is 19.1. The largest absolute Gasteiger partial charge is 0.437 e. The van der Waals surface area contributed by atoms with Gasteiger partial charge in [0.25, 0.3) is 0 Å². The molecule has 3 aromatic heterocycles. The van der Waals surface area contributed by atoms with Gasteiger partial charge in [0.1, 0.15) is 11.4 Å². The Morgan fingerprint density at radius 1 is 0.926 bits per heavy atom. The summed E-state index contributed by atoms with van der Waals surface area (Å²) in [5, 5.41) is 1.58. The maximum Gasteiger partial charge on any atom is 0.227 e. The van der Waals surface area contributed by atoms with E-state index in [0.717, 1.165) is 27.5 Å². The van der Waals surface area contributed by atoms with E-state index in [4.69, 9.17) is 8.53 Å². The van der Waals surface area contributed by atoms with Gasteiger partial charge in [0.15, 0.2) is 0 Å². The molecule has 130 valence electrons. The highest BCUT2D eigenvalue weighted by Crippen LogP contribution is 2.35. The standard InChI is InChI=1S/C23H15FN2O/c1-14-5-10-19-18-3-2-4-20(22(18)27-23(19)26-14)21-13-16(11-12-25-21)15-6-8-17(24)9-7-15/h2-13H,1H3/i1D3. The minimum Gasteiger partial charge on any atom is -0.437 e. The molecule has 0 fully saturated rings. The summed E-state index contributed by atoms with van der Waals surface area (Å²) < 4.78 is 42.0. The Bertz CT molecular complexity index is 1390. The number of hydrogen-bond donors (Lipinski definition) is 0. The van der Waals surface area contributed by atoms with Gasteiger partial charge in [0, 0.05) is 32.3 Å². The van der Waals surface area contributed by atoms with E-state index < -0.39 is 6.85 Å². The second-order valence-corrected chi connectivity index (χ2v) is 6.27. The summed E-state index contributed by atoms with van der Waals surface area (Å²) in [5.41, 5.74) is 4.10. The second kappa shape index (κ2) is 6.02. The molecule has 5 aromatic rings. The highest BCUT2D eigenvalue weighted by molar-refractivity contribution is 6.08. The van der Waals surface area contributed by atoms with Crippen molar-refractivity contribution in [1.82, 2.24) is 9.97 Å². The molecule has 3 nitrogen and oxygen atoms in total. The zero-order chi connectivity index (χ0) is 20.9. The molecule has 0 N–H and O–H groups in total. The first-order valence-corrected chi connectivity index (χ1v) is 8.45. The molecule has 0 saturated carbocycles. The van der Waals surface area contributed by atoms with Gasteiger partial charge in [-0.05, 0) is 60.4 Å². The Morgan fingerprint density at radius 2 is 1.81 bits per heavy atom. The SMILES string of the molecule is [2H]C([2H])([2H])c1ccc2c(n1)oc1c(-c3cc(-c4ccc(F)cc4)ccn3)cccc12. The van der Waals surface area contributed by atoms with E-state index in [0.29, 0.717) is 11.3 Å². The Balaban J connectivity index is 1.68.